The van der Waals surface area contributed by atoms with Gasteiger partial charge in [-0.05, 0) is 0 Å². The van der Waals surface area contributed by atoms with Crippen molar-refractivity contribution in [2.75, 3.05) is 26.4 Å². The van der Waals surface area contributed by atoms with Gasteiger partial charge in [-0.3, -0.25) is 0 Å². The summed E-state index contributed by atoms with van der Waals surface area (Å²) in [6, 6.07) is 0. The normalized spacial score (nSPS) is 12.0. The van der Waals surface area contributed by atoms with E-state index < -0.39 is 18.1 Å². The summed E-state index contributed by atoms with van der Waals surface area (Å²) in [7, 11) is 0. The van der Waals surface area contributed by atoms with Crippen molar-refractivity contribution in [1.29, 1.82) is 0 Å². The Morgan fingerprint density at radius 1 is 0.204 bits per heavy atom. The van der Waals surface area contributed by atoms with Crippen LogP contribution in [0.4, 0.5) is 0 Å². The summed E-state index contributed by atoms with van der Waals surface area (Å²) in [5.41, 5.74) is 0. The fourth-order valence-electron chi connectivity index (χ4n) is 6.63. The predicted molar refractivity (Wildman–Crippen MR) is 213 cm³/mol. The van der Waals surface area contributed by atoms with Crippen molar-refractivity contribution in [2.45, 2.75) is 259 Å². The molecule has 0 heterocycles. The molecule has 0 aliphatic rings. The molecule has 0 N–H and O–H groups in total. The summed E-state index contributed by atoms with van der Waals surface area (Å²) in [6.07, 6.45) is 48.6. The van der Waals surface area contributed by atoms with Crippen molar-refractivity contribution >= 4 is 0 Å². The van der Waals surface area contributed by atoms with Gasteiger partial charge in [0.25, 0.3) is 0 Å². The van der Waals surface area contributed by atoms with Crippen molar-refractivity contribution < 1.29 is 31.4 Å². The van der Waals surface area contributed by atoms with E-state index in [9.17, 15) is 0 Å². The van der Waals surface area contributed by atoms with Gasteiger partial charge >= 0.3 is 226 Å². The maximum atomic E-state index is 6.49. The first-order chi connectivity index (χ1) is 24.2. The molecule has 0 spiro atoms. The van der Waals surface area contributed by atoms with Gasteiger partial charge in [-0.15, -0.1) is 0 Å². The van der Waals surface area contributed by atoms with Crippen LogP contribution in [-0.2, 0) is 31.4 Å². The number of rotatable bonds is 44. The Hall–Kier alpha value is 0.554. The summed E-state index contributed by atoms with van der Waals surface area (Å²) in [4.78, 5) is 0. The molecule has 0 aliphatic carbocycles. The molecule has 0 radical (unpaired) electrons. The topological polar surface area (TPSA) is 36.9 Å². The van der Waals surface area contributed by atoms with Crippen molar-refractivity contribution in [3.8, 4) is 0 Å². The van der Waals surface area contributed by atoms with Crippen LogP contribution in [0.25, 0.3) is 0 Å². The molecule has 0 saturated heterocycles. The van der Waals surface area contributed by atoms with Gasteiger partial charge in [0.15, 0.2) is 0 Å². The Balaban J connectivity index is 4.06. The van der Waals surface area contributed by atoms with Crippen LogP contribution in [0.3, 0.4) is 0 Å². The zero-order valence-corrected chi connectivity index (χ0v) is 36.0. The molecule has 0 fully saturated rings. The minimum atomic E-state index is -3.71. The Labute approximate surface area is 315 Å². The molecule has 0 aromatic rings. The second-order valence-corrected chi connectivity index (χ2v) is 18.6. The summed E-state index contributed by atoms with van der Waals surface area (Å²) in [6.45, 7) is 11.9. The molecule has 4 nitrogen and oxygen atoms in total. The number of hydrogen-bond donors (Lipinski definition) is 0. The summed E-state index contributed by atoms with van der Waals surface area (Å²) < 4.78 is 25.8. The molecule has 0 bridgehead atoms. The molecule has 0 aromatic heterocycles. The molecular weight excluding hydrogens is 640 g/mol. The van der Waals surface area contributed by atoms with Crippen LogP contribution in [0.1, 0.15) is 259 Å². The first-order valence-corrected chi connectivity index (χ1v) is 25.3. The van der Waals surface area contributed by atoms with E-state index in [1.807, 2.05) is 0 Å². The third kappa shape index (κ3) is 38.1. The van der Waals surface area contributed by atoms with Crippen LogP contribution < -0.4 is 0 Å². The van der Waals surface area contributed by atoms with E-state index in [1.165, 1.54) is 193 Å². The smallest absolute Gasteiger partial charge is 0.0654 e. The fraction of sp³-hybridized carbons (Fsp3) is 1.00. The molecular formula is C44H92O4Ti. The van der Waals surface area contributed by atoms with E-state index in [0.29, 0.717) is 13.2 Å². The SMILES string of the molecule is CCCCCCCCCCCCCCCCCC[O][Ti]([O]CCCC)([O]CCCC)[O]CCCCCCCCCCCCCCCCCC. The zero-order valence-electron chi connectivity index (χ0n) is 34.4. The van der Waals surface area contributed by atoms with Crippen molar-refractivity contribution in [2.24, 2.45) is 0 Å². The average Bonchev–Trinajstić information content (AvgIpc) is 3.11. The predicted octanol–water partition coefficient (Wildman–Crippen LogP) is 16.0. The molecule has 0 aliphatic heterocycles. The van der Waals surface area contributed by atoms with Crippen molar-refractivity contribution in [1.82, 2.24) is 0 Å². The van der Waals surface area contributed by atoms with Crippen molar-refractivity contribution in [3.63, 3.8) is 0 Å². The third-order valence-corrected chi connectivity index (χ3v) is 13.6. The zero-order chi connectivity index (χ0) is 35.6. The minimum absolute atomic E-state index is 0.695. The summed E-state index contributed by atoms with van der Waals surface area (Å²) in [5.74, 6) is 0. The van der Waals surface area contributed by atoms with Gasteiger partial charge in [0.1, 0.15) is 0 Å². The molecule has 5 heteroatoms. The number of unbranched alkanes of at least 4 members (excludes halogenated alkanes) is 32. The first kappa shape index (κ1) is 49.6. The molecule has 0 saturated carbocycles. The average molecular weight is 733 g/mol. The molecule has 49 heavy (non-hydrogen) atoms. The Morgan fingerprint density at radius 3 is 0.571 bits per heavy atom. The Kier molecular flexibility index (Phi) is 43.4. The molecule has 0 atom stereocenters. The molecule has 296 valence electrons. The second kappa shape index (κ2) is 43.0. The van der Waals surface area contributed by atoms with E-state index >= 15 is 0 Å². The van der Waals surface area contributed by atoms with Gasteiger partial charge in [-0.2, -0.15) is 0 Å². The molecule has 0 rings (SSSR count). The van der Waals surface area contributed by atoms with Gasteiger partial charge < -0.3 is 0 Å². The van der Waals surface area contributed by atoms with Gasteiger partial charge in [0, 0.05) is 0 Å². The van der Waals surface area contributed by atoms with Crippen LogP contribution in [0.2, 0.25) is 0 Å². The van der Waals surface area contributed by atoms with E-state index in [4.69, 9.17) is 13.3 Å². The third-order valence-electron chi connectivity index (χ3n) is 10.1. The number of hydrogen-bond acceptors (Lipinski definition) is 4. The second-order valence-electron chi connectivity index (χ2n) is 15.2. The van der Waals surface area contributed by atoms with Gasteiger partial charge in [0.2, 0.25) is 0 Å². The van der Waals surface area contributed by atoms with Gasteiger partial charge in [-0.1, -0.05) is 90.9 Å². The molecule has 0 aromatic carbocycles. The molecule has 0 unspecified atom stereocenters. The summed E-state index contributed by atoms with van der Waals surface area (Å²) in [5, 5.41) is 0. The van der Waals surface area contributed by atoms with Gasteiger partial charge in [0.05, 0.1) is 0 Å². The first-order valence-electron chi connectivity index (χ1n) is 22.8. The molecule has 0 amide bonds. The van der Waals surface area contributed by atoms with E-state index in [0.717, 1.165) is 51.7 Å². The van der Waals surface area contributed by atoms with Crippen LogP contribution in [0.15, 0.2) is 0 Å². The van der Waals surface area contributed by atoms with E-state index in [-0.39, 0.29) is 0 Å². The van der Waals surface area contributed by atoms with E-state index in [1.54, 1.807) is 0 Å². The minimum Gasteiger partial charge on any atom is -0.0654 e. The van der Waals surface area contributed by atoms with Crippen LogP contribution in [0.5, 0.6) is 0 Å². The van der Waals surface area contributed by atoms with Crippen molar-refractivity contribution in [3.05, 3.63) is 0 Å². The van der Waals surface area contributed by atoms with Crippen LogP contribution in [-0.4, -0.2) is 26.4 Å². The Morgan fingerprint density at radius 2 is 0.367 bits per heavy atom. The summed E-state index contributed by atoms with van der Waals surface area (Å²) >= 11 is -3.71. The monoisotopic (exact) mass is 733 g/mol. The van der Waals surface area contributed by atoms with E-state index in [2.05, 4.69) is 27.7 Å². The van der Waals surface area contributed by atoms with Crippen LogP contribution >= 0.6 is 0 Å². The van der Waals surface area contributed by atoms with Crippen LogP contribution in [0, 0.1) is 0 Å². The quantitative estimate of drug-likeness (QED) is 0.0462. The maximum absolute atomic E-state index is 6.49. The standard InChI is InChI=1S/2C18H37O.2C4H9O.Ti/c2*1-2-3-4-5-6-7-8-9-10-11-12-13-14-15-16-17-18-19;2*1-2-3-4-5;/h2*2-18H2,1H3;2*2-4H2,1H3;/q4*-1;+4. The Bertz CT molecular complexity index is 539. The fourth-order valence-corrected chi connectivity index (χ4v) is 9.87. The van der Waals surface area contributed by atoms with Gasteiger partial charge in [-0.25, -0.2) is 0 Å².